The summed E-state index contributed by atoms with van der Waals surface area (Å²) < 4.78 is 5.65. The third kappa shape index (κ3) is 5.93. The maximum Gasteiger partial charge on any atom is 0.139 e. The molecule has 130 valence electrons. The fraction of sp³-hybridized carbons (Fsp3) is 0.529. The SMILES string of the molecule is CCC(C)OC(=Cc1ccccc1)C(O)C(O)C(O)C(O)CO. The minimum atomic E-state index is -1.70. The van der Waals surface area contributed by atoms with Gasteiger partial charge in [0.25, 0.3) is 0 Å². The Morgan fingerprint density at radius 2 is 1.70 bits per heavy atom. The van der Waals surface area contributed by atoms with Crippen molar-refractivity contribution in [1.82, 2.24) is 0 Å². The Kier molecular flexibility index (Phi) is 8.22. The maximum absolute atomic E-state index is 10.3. The van der Waals surface area contributed by atoms with Crippen LogP contribution in [0.4, 0.5) is 0 Å². The van der Waals surface area contributed by atoms with Crippen LogP contribution in [0, 0.1) is 0 Å². The molecule has 0 aromatic heterocycles. The summed E-state index contributed by atoms with van der Waals surface area (Å²) in [6.07, 6.45) is -4.44. The number of rotatable bonds is 9. The Hall–Kier alpha value is -1.44. The van der Waals surface area contributed by atoms with Gasteiger partial charge in [0, 0.05) is 0 Å². The number of hydrogen-bond donors (Lipinski definition) is 5. The highest BCUT2D eigenvalue weighted by atomic mass is 16.5. The maximum atomic E-state index is 10.3. The quantitative estimate of drug-likeness (QED) is 0.417. The molecule has 6 heteroatoms. The lowest BCUT2D eigenvalue weighted by Crippen LogP contribution is -2.46. The molecule has 0 saturated carbocycles. The van der Waals surface area contributed by atoms with Crippen LogP contribution in [0.5, 0.6) is 0 Å². The van der Waals surface area contributed by atoms with E-state index in [9.17, 15) is 20.4 Å². The lowest BCUT2D eigenvalue weighted by molar-refractivity contribution is -0.117. The number of hydrogen-bond acceptors (Lipinski definition) is 6. The number of benzene rings is 1. The van der Waals surface area contributed by atoms with E-state index >= 15 is 0 Å². The predicted molar refractivity (Wildman–Crippen MR) is 86.4 cm³/mol. The van der Waals surface area contributed by atoms with Crippen LogP contribution in [-0.2, 0) is 4.74 Å². The van der Waals surface area contributed by atoms with Crippen molar-refractivity contribution in [3.8, 4) is 0 Å². The molecule has 6 nitrogen and oxygen atoms in total. The highest BCUT2D eigenvalue weighted by Crippen LogP contribution is 2.19. The molecule has 0 bridgehead atoms. The second kappa shape index (κ2) is 9.64. The average Bonchev–Trinajstić information content (AvgIpc) is 2.59. The van der Waals surface area contributed by atoms with Crippen LogP contribution in [0.3, 0.4) is 0 Å². The van der Waals surface area contributed by atoms with Crippen LogP contribution in [0.2, 0.25) is 0 Å². The lowest BCUT2D eigenvalue weighted by atomic mass is 10.0. The Morgan fingerprint density at radius 1 is 1.09 bits per heavy atom. The predicted octanol–water partition coefficient (Wildman–Crippen LogP) is 0.278. The number of aliphatic hydroxyl groups is 5. The second-order valence-corrected chi connectivity index (χ2v) is 5.47. The topological polar surface area (TPSA) is 110 Å². The molecule has 23 heavy (non-hydrogen) atoms. The van der Waals surface area contributed by atoms with Gasteiger partial charge in [-0.25, -0.2) is 0 Å². The van der Waals surface area contributed by atoms with E-state index in [0.29, 0.717) is 6.42 Å². The molecular formula is C17H26O6. The van der Waals surface area contributed by atoms with E-state index in [0.717, 1.165) is 5.56 Å². The van der Waals surface area contributed by atoms with Crippen molar-refractivity contribution in [3.05, 3.63) is 41.7 Å². The van der Waals surface area contributed by atoms with E-state index in [1.807, 2.05) is 32.0 Å². The zero-order valence-corrected chi connectivity index (χ0v) is 13.4. The van der Waals surface area contributed by atoms with Crippen molar-refractivity contribution in [3.63, 3.8) is 0 Å². The van der Waals surface area contributed by atoms with E-state index in [2.05, 4.69) is 0 Å². The summed E-state index contributed by atoms with van der Waals surface area (Å²) in [5.74, 6) is 0.0854. The molecule has 0 spiro atoms. The van der Waals surface area contributed by atoms with Crippen molar-refractivity contribution in [2.45, 2.75) is 50.8 Å². The van der Waals surface area contributed by atoms with Gasteiger partial charge >= 0.3 is 0 Å². The summed E-state index contributed by atoms with van der Waals surface area (Å²) in [5, 5.41) is 48.4. The van der Waals surface area contributed by atoms with E-state index in [1.165, 1.54) is 0 Å². The first-order chi connectivity index (χ1) is 10.9. The van der Waals surface area contributed by atoms with Gasteiger partial charge in [-0.3, -0.25) is 0 Å². The van der Waals surface area contributed by atoms with E-state index in [-0.39, 0.29) is 11.9 Å². The summed E-state index contributed by atoms with van der Waals surface area (Å²) in [4.78, 5) is 0. The standard InChI is InChI=1S/C17H26O6/c1-3-11(2)23-14(9-12-7-5-4-6-8-12)16(21)17(22)15(20)13(19)10-18/h4-9,11,13,15-22H,3,10H2,1-2H3. The highest BCUT2D eigenvalue weighted by Gasteiger charge is 2.33. The Labute approximate surface area is 136 Å². The summed E-state index contributed by atoms with van der Waals surface area (Å²) in [5.41, 5.74) is 0.759. The van der Waals surface area contributed by atoms with Gasteiger partial charge in [-0.1, -0.05) is 37.3 Å². The smallest absolute Gasteiger partial charge is 0.139 e. The summed E-state index contributed by atoms with van der Waals surface area (Å²) in [7, 11) is 0. The van der Waals surface area contributed by atoms with Gasteiger partial charge in [-0.05, 0) is 25.0 Å². The molecule has 5 unspecified atom stereocenters. The van der Waals surface area contributed by atoms with E-state index in [1.54, 1.807) is 18.2 Å². The third-order valence-corrected chi connectivity index (χ3v) is 3.57. The molecule has 0 radical (unpaired) electrons. The van der Waals surface area contributed by atoms with Crippen molar-refractivity contribution in [2.24, 2.45) is 0 Å². The van der Waals surface area contributed by atoms with E-state index in [4.69, 9.17) is 9.84 Å². The fourth-order valence-corrected chi connectivity index (χ4v) is 1.91. The molecule has 0 heterocycles. The molecule has 5 atom stereocenters. The molecule has 5 N–H and O–H groups in total. The van der Waals surface area contributed by atoms with Crippen molar-refractivity contribution in [2.75, 3.05) is 6.61 Å². The Balaban J connectivity index is 3.01. The zero-order chi connectivity index (χ0) is 17.4. The third-order valence-electron chi connectivity index (χ3n) is 3.57. The monoisotopic (exact) mass is 326 g/mol. The highest BCUT2D eigenvalue weighted by molar-refractivity contribution is 5.52. The average molecular weight is 326 g/mol. The van der Waals surface area contributed by atoms with Gasteiger partial charge in [0.05, 0.1) is 12.7 Å². The first kappa shape index (κ1) is 19.6. The van der Waals surface area contributed by atoms with Gasteiger partial charge < -0.3 is 30.3 Å². The van der Waals surface area contributed by atoms with Crippen molar-refractivity contribution < 1.29 is 30.3 Å². The fourth-order valence-electron chi connectivity index (χ4n) is 1.91. The summed E-state index contributed by atoms with van der Waals surface area (Å²) in [6.45, 7) is 3.00. The molecule has 0 aliphatic carbocycles. The minimum absolute atomic E-state index is 0.0854. The molecule has 0 saturated heterocycles. The zero-order valence-electron chi connectivity index (χ0n) is 13.4. The van der Waals surface area contributed by atoms with Crippen molar-refractivity contribution >= 4 is 6.08 Å². The Morgan fingerprint density at radius 3 is 2.22 bits per heavy atom. The Bertz CT molecular complexity index is 475. The lowest BCUT2D eigenvalue weighted by Gasteiger charge is -2.28. The van der Waals surface area contributed by atoms with Crippen LogP contribution in [-0.4, -0.2) is 62.7 Å². The molecule has 0 aliphatic heterocycles. The molecular weight excluding hydrogens is 300 g/mol. The normalized spacial score (nSPS) is 18.8. The summed E-state index contributed by atoms with van der Waals surface area (Å²) in [6, 6.07) is 9.09. The molecule has 0 fully saturated rings. The first-order valence-corrected chi connectivity index (χ1v) is 7.67. The van der Waals surface area contributed by atoms with Gasteiger partial charge in [-0.15, -0.1) is 0 Å². The summed E-state index contributed by atoms with van der Waals surface area (Å²) >= 11 is 0. The van der Waals surface area contributed by atoms with Crippen LogP contribution in [0.1, 0.15) is 25.8 Å². The second-order valence-electron chi connectivity index (χ2n) is 5.47. The number of ether oxygens (including phenoxy) is 1. The van der Waals surface area contributed by atoms with Crippen LogP contribution < -0.4 is 0 Å². The van der Waals surface area contributed by atoms with Gasteiger partial charge in [0.2, 0.25) is 0 Å². The molecule has 0 aliphatic rings. The number of aliphatic hydroxyl groups excluding tert-OH is 5. The molecule has 1 rings (SSSR count). The van der Waals surface area contributed by atoms with Gasteiger partial charge in [0.15, 0.2) is 0 Å². The molecule has 1 aromatic carbocycles. The van der Waals surface area contributed by atoms with Gasteiger partial charge in [0.1, 0.15) is 30.2 Å². The largest absolute Gasteiger partial charge is 0.492 e. The molecule has 1 aromatic rings. The molecule has 0 amide bonds. The van der Waals surface area contributed by atoms with E-state index < -0.39 is 31.0 Å². The van der Waals surface area contributed by atoms with Crippen LogP contribution in [0.25, 0.3) is 6.08 Å². The van der Waals surface area contributed by atoms with Crippen LogP contribution in [0.15, 0.2) is 36.1 Å². The van der Waals surface area contributed by atoms with Gasteiger partial charge in [-0.2, -0.15) is 0 Å². The van der Waals surface area contributed by atoms with Crippen LogP contribution >= 0.6 is 0 Å². The first-order valence-electron chi connectivity index (χ1n) is 7.67. The van der Waals surface area contributed by atoms with Crippen molar-refractivity contribution in [1.29, 1.82) is 0 Å². The minimum Gasteiger partial charge on any atom is -0.492 e.